The maximum absolute atomic E-state index is 13.8. The van der Waals surface area contributed by atoms with Gasteiger partial charge >= 0.3 is 6.03 Å². The molecular formula is C28H40FN3O4. The van der Waals surface area contributed by atoms with Gasteiger partial charge in [0.15, 0.2) is 0 Å². The minimum Gasteiger partial charge on any atom is -0.457 e. The molecule has 0 spiro atoms. The lowest BCUT2D eigenvalue weighted by Crippen LogP contribution is -2.53. The summed E-state index contributed by atoms with van der Waals surface area (Å²) in [7, 11) is 3.52. The minimum absolute atomic E-state index is 0.00352. The van der Waals surface area contributed by atoms with E-state index >= 15 is 0 Å². The van der Waals surface area contributed by atoms with Gasteiger partial charge in [0, 0.05) is 56.9 Å². The second-order valence-corrected chi connectivity index (χ2v) is 9.62. The fourth-order valence-electron chi connectivity index (χ4n) is 4.98. The maximum Gasteiger partial charge on any atom is 0.317 e. The lowest BCUT2D eigenvalue weighted by Gasteiger charge is -2.43. The summed E-state index contributed by atoms with van der Waals surface area (Å²) in [6.45, 7) is 4.34. The first kappa shape index (κ1) is 27.9. The standard InChI is InChI=1S/C28H40FN3O4/c1-21(19-30-2)31-27(33)32-16-9-10-22(20-32)28(34,15-6-7-17-35-3)25-13-4-5-14-26(25)36-24-12-8-11-23(29)18-24/h4-5,8,11-14,18,21-22,30,34H,6-7,9-10,15-17,19-20H2,1-3H3,(H,31,33)/t21?,22-,28+/m1/s1. The van der Waals surface area contributed by atoms with Crippen LogP contribution in [-0.2, 0) is 10.3 Å². The molecule has 1 aliphatic heterocycles. The maximum atomic E-state index is 13.8. The Morgan fingerprint density at radius 1 is 1.25 bits per heavy atom. The number of ether oxygens (including phenoxy) is 2. The van der Waals surface area contributed by atoms with E-state index in [1.807, 2.05) is 32.2 Å². The molecule has 2 aromatic rings. The number of carbonyl (C=O) groups is 1. The zero-order chi connectivity index (χ0) is 26.0. The Kier molecular flexibility index (Phi) is 10.5. The van der Waals surface area contributed by atoms with Crippen molar-refractivity contribution in [2.24, 2.45) is 5.92 Å². The van der Waals surface area contributed by atoms with Gasteiger partial charge in [-0.05, 0) is 64.3 Å². The third-order valence-corrected chi connectivity index (χ3v) is 6.80. The highest BCUT2D eigenvalue weighted by Crippen LogP contribution is 2.44. The van der Waals surface area contributed by atoms with Gasteiger partial charge in [-0.1, -0.05) is 24.3 Å². The van der Waals surface area contributed by atoms with Crippen LogP contribution in [0, 0.1) is 11.7 Å². The number of hydrogen-bond acceptors (Lipinski definition) is 5. The number of likely N-dealkylation sites (N-methyl/N-ethyl adjacent to an activating group) is 1. The van der Waals surface area contributed by atoms with E-state index in [1.165, 1.54) is 12.1 Å². The fourth-order valence-corrected chi connectivity index (χ4v) is 4.98. The Morgan fingerprint density at radius 2 is 2.06 bits per heavy atom. The molecule has 2 amide bonds. The van der Waals surface area contributed by atoms with Crippen LogP contribution in [0.1, 0.15) is 44.6 Å². The highest BCUT2D eigenvalue weighted by molar-refractivity contribution is 5.74. The second-order valence-electron chi connectivity index (χ2n) is 9.62. The number of urea groups is 1. The number of benzene rings is 2. The van der Waals surface area contributed by atoms with E-state index in [9.17, 15) is 14.3 Å². The Morgan fingerprint density at radius 3 is 2.81 bits per heavy atom. The number of likely N-dealkylation sites (tertiary alicyclic amines) is 1. The number of aliphatic hydroxyl groups is 1. The number of hydrogen-bond donors (Lipinski definition) is 3. The van der Waals surface area contributed by atoms with E-state index in [1.54, 1.807) is 30.2 Å². The van der Waals surface area contributed by atoms with Gasteiger partial charge in [-0.25, -0.2) is 9.18 Å². The summed E-state index contributed by atoms with van der Waals surface area (Å²) in [5.41, 5.74) is -0.574. The molecule has 8 heteroatoms. The van der Waals surface area contributed by atoms with Crippen LogP contribution < -0.4 is 15.4 Å². The summed E-state index contributed by atoms with van der Waals surface area (Å²) in [5, 5.41) is 18.4. The lowest BCUT2D eigenvalue weighted by molar-refractivity contribution is -0.0574. The summed E-state index contributed by atoms with van der Waals surface area (Å²) in [6.07, 6.45) is 3.64. The van der Waals surface area contributed by atoms with E-state index < -0.39 is 5.60 Å². The van der Waals surface area contributed by atoms with Crippen LogP contribution in [0.4, 0.5) is 9.18 Å². The summed E-state index contributed by atoms with van der Waals surface area (Å²) in [5.74, 6) is 0.284. The van der Waals surface area contributed by atoms with Gasteiger partial charge in [-0.15, -0.1) is 0 Å². The number of piperidine rings is 1. The molecule has 1 unspecified atom stereocenters. The van der Waals surface area contributed by atoms with E-state index in [0.29, 0.717) is 49.7 Å². The zero-order valence-electron chi connectivity index (χ0n) is 21.6. The van der Waals surface area contributed by atoms with Crippen molar-refractivity contribution in [1.29, 1.82) is 0 Å². The number of nitrogens with zero attached hydrogens (tertiary/aromatic N) is 1. The van der Waals surface area contributed by atoms with Gasteiger partial charge < -0.3 is 30.1 Å². The van der Waals surface area contributed by atoms with Crippen molar-refractivity contribution in [3.63, 3.8) is 0 Å². The average Bonchev–Trinajstić information content (AvgIpc) is 2.87. The zero-order valence-corrected chi connectivity index (χ0v) is 21.6. The predicted octanol–water partition coefficient (Wildman–Crippen LogP) is 4.65. The molecule has 0 radical (unpaired) electrons. The Balaban J connectivity index is 1.88. The van der Waals surface area contributed by atoms with Gasteiger partial charge in [0.05, 0.1) is 5.60 Å². The molecule has 0 saturated carbocycles. The van der Waals surface area contributed by atoms with Crippen LogP contribution in [0.25, 0.3) is 0 Å². The monoisotopic (exact) mass is 501 g/mol. The minimum atomic E-state index is -1.23. The van der Waals surface area contributed by atoms with Crippen molar-refractivity contribution in [1.82, 2.24) is 15.5 Å². The molecule has 2 aromatic carbocycles. The van der Waals surface area contributed by atoms with Crippen molar-refractivity contribution in [3.8, 4) is 11.5 Å². The van der Waals surface area contributed by atoms with Crippen molar-refractivity contribution < 1.29 is 23.8 Å². The molecule has 1 fully saturated rings. The van der Waals surface area contributed by atoms with Gasteiger partial charge in [0.25, 0.3) is 0 Å². The summed E-state index contributed by atoms with van der Waals surface area (Å²) >= 11 is 0. The molecule has 7 nitrogen and oxygen atoms in total. The van der Waals surface area contributed by atoms with Crippen molar-refractivity contribution >= 4 is 6.03 Å². The summed E-state index contributed by atoms with van der Waals surface area (Å²) in [4.78, 5) is 14.8. The fraction of sp³-hybridized carbons (Fsp3) is 0.536. The summed E-state index contributed by atoms with van der Waals surface area (Å²) < 4.78 is 25.1. The number of methoxy groups -OCH3 is 1. The molecule has 0 bridgehead atoms. The molecule has 36 heavy (non-hydrogen) atoms. The van der Waals surface area contributed by atoms with Crippen LogP contribution in [0.5, 0.6) is 11.5 Å². The third-order valence-electron chi connectivity index (χ3n) is 6.80. The molecule has 0 aliphatic carbocycles. The molecule has 1 heterocycles. The van der Waals surface area contributed by atoms with Gasteiger partial charge in [-0.3, -0.25) is 0 Å². The quantitative estimate of drug-likeness (QED) is 0.369. The number of rotatable bonds is 12. The van der Waals surface area contributed by atoms with Gasteiger partial charge in [-0.2, -0.15) is 0 Å². The van der Waals surface area contributed by atoms with Crippen molar-refractivity contribution in [3.05, 3.63) is 59.9 Å². The van der Waals surface area contributed by atoms with Crippen LogP contribution in [0.3, 0.4) is 0 Å². The Bertz CT molecular complexity index is 975. The highest BCUT2D eigenvalue weighted by Gasteiger charge is 2.43. The number of amides is 2. The van der Waals surface area contributed by atoms with Crippen LogP contribution >= 0.6 is 0 Å². The SMILES string of the molecule is CNCC(C)NC(=O)N1CCC[C@@H]([C@@](O)(CCCCOC)c2ccccc2Oc2cccc(F)c2)C1. The number of unbranched alkanes of at least 4 members (excludes halogenated alkanes) is 1. The first-order valence-corrected chi connectivity index (χ1v) is 12.8. The van der Waals surface area contributed by atoms with Crippen LogP contribution in [-0.4, -0.2) is 62.5 Å². The van der Waals surface area contributed by atoms with Crippen LogP contribution in [0.2, 0.25) is 0 Å². The molecule has 0 aromatic heterocycles. The molecule has 3 atom stereocenters. The van der Waals surface area contributed by atoms with Crippen LogP contribution in [0.15, 0.2) is 48.5 Å². The normalized spacial score (nSPS) is 18.4. The molecule has 3 rings (SSSR count). The summed E-state index contributed by atoms with van der Waals surface area (Å²) in [6, 6.07) is 13.2. The highest BCUT2D eigenvalue weighted by atomic mass is 19.1. The Hall–Kier alpha value is -2.68. The van der Waals surface area contributed by atoms with Crippen molar-refractivity contribution in [2.75, 3.05) is 40.4 Å². The largest absolute Gasteiger partial charge is 0.457 e. The van der Waals surface area contributed by atoms with Crippen molar-refractivity contribution in [2.45, 2.75) is 50.7 Å². The second kappa shape index (κ2) is 13.6. The molecule has 1 aliphatic rings. The van der Waals surface area contributed by atoms with E-state index in [-0.39, 0.29) is 23.8 Å². The van der Waals surface area contributed by atoms with E-state index in [0.717, 1.165) is 25.7 Å². The molecule has 198 valence electrons. The Labute approximate surface area is 214 Å². The third kappa shape index (κ3) is 7.41. The van der Waals surface area contributed by atoms with Gasteiger partial charge in [0.1, 0.15) is 17.3 Å². The van der Waals surface area contributed by atoms with E-state index in [2.05, 4.69) is 10.6 Å². The number of para-hydroxylation sites is 1. The smallest absolute Gasteiger partial charge is 0.317 e. The lowest BCUT2D eigenvalue weighted by atomic mass is 9.73. The van der Waals surface area contributed by atoms with Gasteiger partial charge in [0.2, 0.25) is 0 Å². The molecule has 3 N–H and O–H groups in total. The topological polar surface area (TPSA) is 83.1 Å². The molecule has 1 saturated heterocycles. The van der Waals surface area contributed by atoms with E-state index in [4.69, 9.17) is 9.47 Å². The number of carbonyl (C=O) groups excluding carboxylic acids is 1. The number of nitrogens with one attached hydrogen (secondary N) is 2. The first-order chi connectivity index (χ1) is 17.4. The first-order valence-electron chi connectivity index (χ1n) is 12.8. The average molecular weight is 502 g/mol. The predicted molar refractivity (Wildman–Crippen MR) is 139 cm³/mol. The number of halogens is 1. The molecular weight excluding hydrogens is 461 g/mol.